The molecule has 2 N–H and O–H groups in total. The van der Waals surface area contributed by atoms with Crippen molar-refractivity contribution in [1.29, 1.82) is 0 Å². The first-order valence-electron chi connectivity index (χ1n) is 8.43. The van der Waals surface area contributed by atoms with E-state index in [1.165, 1.54) is 6.07 Å². The van der Waals surface area contributed by atoms with Crippen LogP contribution in [0.2, 0.25) is 0 Å². The van der Waals surface area contributed by atoms with Crippen molar-refractivity contribution in [2.75, 3.05) is 0 Å². The fourth-order valence-electron chi connectivity index (χ4n) is 2.64. The van der Waals surface area contributed by atoms with E-state index in [1.807, 2.05) is 45.0 Å². The number of phenols is 1. The summed E-state index contributed by atoms with van der Waals surface area (Å²) in [4.78, 5) is 20.9. The molecule has 0 radical (unpaired) electrons. The van der Waals surface area contributed by atoms with Crippen LogP contribution in [0.25, 0.3) is 11.1 Å². The van der Waals surface area contributed by atoms with Crippen molar-refractivity contribution < 1.29 is 9.90 Å². The lowest BCUT2D eigenvalue weighted by atomic mass is 10.0. The highest BCUT2D eigenvalue weighted by Gasteiger charge is 2.14. The van der Waals surface area contributed by atoms with Gasteiger partial charge in [-0.15, -0.1) is 0 Å². The maximum Gasteiger partial charge on any atom is 0.251 e. The van der Waals surface area contributed by atoms with Crippen molar-refractivity contribution in [1.82, 2.24) is 15.3 Å². The molecule has 3 aromatic rings. The molecule has 5 heteroatoms. The first-order valence-corrected chi connectivity index (χ1v) is 8.43. The van der Waals surface area contributed by atoms with Gasteiger partial charge in [0.2, 0.25) is 0 Å². The number of hydrogen-bond donors (Lipinski definition) is 2. The smallest absolute Gasteiger partial charge is 0.251 e. The summed E-state index contributed by atoms with van der Waals surface area (Å²) in [5, 5.41) is 13.0. The highest BCUT2D eigenvalue weighted by atomic mass is 16.3. The maximum absolute atomic E-state index is 12.6. The van der Waals surface area contributed by atoms with Gasteiger partial charge >= 0.3 is 0 Å². The minimum atomic E-state index is -0.262. The number of nitrogens with zero attached hydrogens (tertiary/aromatic N) is 2. The lowest BCUT2D eigenvalue weighted by Gasteiger charge is -2.14. The second-order valence-electron chi connectivity index (χ2n) is 6.39. The maximum atomic E-state index is 12.6. The van der Waals surface area contributed by atoms with E-state index in [9.17, 15) is 9.90 Å². The SMILES string of the molecule is Cc1ccc(-c2cc(O)cc(C(=O)N[C@H](C)c3cnc(C)nc3)c2)cc1. The van der Waals surface area contributed by atoms with E-state index < -0.39 is 0 Å². The molecule has 1 amide bonds. The van der Waals surface area contributed by atoms with Gasteiger partial charge in [-0.1, -0.05) is 29.8 Å². The van der Waals surface area contributed by atoms with Crippen molar-refractivity contribution >= 4 is 5.91 Å². The molecule has 0 aliphatic carbocycles. The van der Waals surface area contributed by atoms with Gasteiger partial charge in [0.25, 0.3) is 5.91 Å². The van der Waals surface area contributed by atoms with Crippen LogP contribution in [0.1, 0.15) is 40.3 Å². The van der Waals surface area contributed by atoms with Gasteiger partial charge in [0.1, 0.15) is 11.6 Å². The van der Waals surface area contributed by atoms with Gasteiger partial charge in [0.15, 0.2) is 0 Å². The van der Waals surface area contributed by atoms with Crippen molar-refractivity contribution in [2.24, 2.45) is 0 Å². The highest BCUT2D eigenvalue weighted by molar-refractivity contribution is 5.96. The monoisotopic (exact) mass is 347 g/mol. The molecule has 2 aromatic carbocycles. The topological polar surface area (TPSA) is 75.1 Å². The molecule has 0 aliphatic heterocycles. The number of aryl methyl sites for hydroxylation is 2. The second-order valence-corrected chi connectivity index (χ2v) is 6.39. The van der Waals surface area contributed by atoms with Crippen LogP contribution in [0.5, 0.6) is 5.75 Å². The Balaban J connectivity index is 1.83. The predicted octanol–water partition coefficient (Wildman–Crippen LogP) is 3.96. The number of phenolic OH excluding ortho intramolecular Hbond substituents is 1. The van der Waals surface area contributed by atoms with Crippen molar-refractivity contribution in [3.05, 3.63) is 77.4 Å². The van der Waals surface area contributed by atoms with E-state index in [4.69, 9.17) is 0 Å². The lowest BCUT2D eigenvalue weighted by Crippen LogP contribution is -2.26. The fraction of sp³-hybridized carbons (Fsp3) is 0.190. The molecule has 1 aromatic heterocycles. The van der Waals surface area contributed by atoms with Gasteiger partial charge in [0, 0.05) is 23.5 Å². The van der Waals surface area contributed by atoms with Crippen LogP contribution >= 0.6 is 0 Å². The van der Waals surface area contributed by atoms with Gasteiger partial charge in [0.05, 0.1) is 6.04 Å². The van der Waals surface area contributed by atoms with Crippen LogP contribution in [-0.2, 0) is 0 Å². The number of benzene rings is 2. The van der Waals surface area contributed by atoms with Crippen LogP contribution in [0, 0.1) is 13.8 Å². The molecule has 1 heterocycles. The minimum absolute atomic E-state index is 0.0551. The minimum Gasteiger partial charge on any atom is -0.508 e. The van der Waals surface area contributed by atoms with E-state index in [1.54, 1.807) is 24.5 Å². The Bertz CT molecular complexity index is 919. The zero-order chi connectivity index (χ0) is 18.7. The summed E-state index contributed by atoms with van der Waals surface area (Å²) in [7, 11) is 0. The Kier molecular flexibility index (Phi) is 4.98. The largest absolute Gasteiger partial charge is 0.508 e. The second kappa shape index (κ2) is 7.35. The Hall–Kier alpha value is -3.21. The standard InChI is InChI=1S/C21H21N3O2/c1-13-4-6-16(7-5-13)17-8-18(10-20(25)9-17)21(26)24-14(2)19-11-22-15(3)23-12-19/h4-12,14,25H,1-3H3,(H,24,26)/t14-/m1/s1. The van der Waals surface area contributed by atoms with E-state index in [-0.39, 0.29) is 17.7 Å². The fourth-order valence-corrected chi connectivity index (χ4v) is 2.64. The van der Waals surface area contributed by atoms with E-state index in [0.717, 1.165) is 22.3 Å². The van der Waals surface area contributed by atoms with Crippen molar-refractivity contribution in [3.63, 3.8) is 0 Å². The third kappa shape index (κ3) is 4.06. The average Bonchev–Trinajstić information content (AvgIpc) is 2.62. The number of amides is 1. The van der Waals surface area contributed by atoms with Crippen LogP contribution in [-0.4, -0.2) is 21.0 Å². The molecule has 26 heavy (non-hydrogen) atoms. The molecule has 0 saturated carbocycles. The van der Waals surface area contributed by atoms with Gasteiger partial charge in [-0.25, -0.2) is 9.97 Å². The Morgan fingerprint density at radius 2 is 1.65 bits per heavy atom. The molecule has 132 valence electrons. The molecule has 1 atom stereocenters. The zero-order valence-electron chi connectivity index (χ0n) is 15.0. The molecule has 0 bridgehead atoms. The predicted molar refractivity (Wildman–Crippen MR) is 101 cm³/mol. The first-order chi connectivity index (χ1) is 12.4. The summed E-state index contributed by atoms with van der Waals surface area (Å²) in [5.41, 5.74) is 4.12. The molecular formula is C21H21N3O2. The third-order valence-corrected chi connectivity index (χ3v) is 4.21. The van der Waals surface area contributed by atoms with Crippen LogP contribution in [0.4, 0.5) is 0 Å². The summed E-state index contributed by atoms with van der Waals surface area (Å²) >= 11 is 0. The number of aromatic hydroxyl groups is 1. The van der Waals surface area contributed by atoms with Crippen LogP contribution in [0.15, 0.2) is 54.9 Å². The number of hydrogen-bond acceptors (Lipinski definition) is 4. The van der Waals surface area contributed by atoms with E-state index in [0.29, 0.717) is 11.4 Å². The van der Waals surface area contributed by atoms with Gasteiger partial charge in [-0.05, 0) is 50.1 Å². The number of aromatic nitrogens is 2. The van der Waals surface area contributed by atoms with Crippen molar-refractivity contribution in [3.8, 4) is 16.9 Å². The van der Waals surface area contributed by atoms with Gasteiger partial charge in [-0.3, -0.25) is 4.79 Å². The average molecular weight is 347 g/mol. The molecular weight excluding hydrogens is 326 g/mol. The summed E-state index contributed by atoms with van der Waals surface area (Å²) in [6, 6.07) is 12.6. The quantitative estimate of drug-likeness (QED) is 0.749. The molecule has 0 spiro atoms. The number of rotatable bonds is 4. The van der Waals surface area contributed by atoms with E-state index in [2.05, 4.69) is 15.3 Å². The van der Waals surface area contributed by atoms with Gasteiger partial charge < -0.3 is 10.4 Å². The Labute approximate surface area is 152 Å². The normalized spacial score (nSPS) is 11.8. The lowest BCUT2D eigenvalue weighted by molar-refractivity contribution is 0.0939. The number of carbonyl (C=O) groups excluding carboxylic acids is 1. The van der Waals surface area contributed by atoms with Crippen molar-refractivity contribution in [2.45, 2.75) is 26.8 Å². The van der Waals surface area contributed by atoms with Gasteiger partial charge in [-0.2, -0.15) is 0 Å². The molecule has 0 aliphatic rings. The first kappa shape index (κ1) is 17.6. The summed E-state index contributed by atoms with van der Waals surface area (Å²) in [6.07, 6.45) is 3.40. The summed E-state index contributed by atoms with van der Waals surface area (Å²) in [5.74, 6) is 0.477. The summed E-state index contributed by atoms with van der Waals surface area (Å²) in [6.45, 7) is 5.70. The number of nitrogens with one attached hydrogen (secondary N) is 1. The highest BCUT2D eigenvalue weighted by Crippen LogP contribution is 2.26. The Morgan fingerprint density at radius 1 is 1.00 bits per heavy atom. The van der Waals surface area contributed by atoms with Crippen LogP contribution < -0.4 is 5.32 Å². The molecule has 0 saturated heterocycles. The molecule has 3 rings (SSSR count). The van der Waals surface area contributed by atoms with Crippen LogP contribution in [0.3, 0.4) is 0 Å². The Morgan fingerprint density at radius 3 is 2.31 bits per heavy atom. The molecule has 5 nitrogen and oxygen atoms in total. The molecule has 0 fully saturated rings. The zero-order valence-corrected chi connectivity index (χ0v) is 15.0. The molecule has 0 unspecified atom stereocenters. The number of carbonyl (C=O) groups is 1. The third-order valence-electron chi connectivity index (χ3n) is 4.21. The summed E-state index contributed by atoms with van der Waals surface area (Å²) < 4.78 is 0. The van der Waals surface area contributed by atoms with E-state index >= 15 is 0 Å².